The van der Waals surface area contributed by atoms with Crippen LogP contribution in [0.15, 0.2) is 24.3 Å². The summed E-state index contributed by atoms with van der Waals surface area (Å²) in [5, 5.41) is 0. The minimum absolute atomic E-state index is 0.0702. The summed E-state index contributed by atoms with van der Waals surface area (Å²) in [4.78, 5) is 28.1. The van der Waals surface area contributed by atoms with Crippen molar-refractivity contribution in [1.82, 2.24) is 14.9 Å². The first-order chi connectivity index (χ1) is 15.2. The van der Waals surface area contributed by atoms with Crippen molar-refractivity contribution in [2.45, 2.75) is 63.8 Å². The number of piperidine rings is 1. The molecule has 2 saturated heterocycles. The quantitative estimate of drug-likeness (QED) is 0.737. The molecule has 6 heteroatoms. The maximum absolute atomic E-state index is 14.0. The highest BCUT2D eigenvalue weighted by molar-refractivity contribution is 5.94. The Morgan fingerprint density at radius 1 is 1.00 bits per heavy atom. The van der Waals surface area contributed by atoms with E-state index in [9.17, 15) is 4.79 Å². The van der Waals surface area contributed by atoms with E-state index in [0.717, 1.165) is 93.1 Å². The van der Waals surface area contributed by atoms with Gasteiger partial charge in [-0.25, -0.2) is 9.97 Å². The van der Waals surface area contributed by atoms with E-state index in [-0.39, 0.29) is 11.9 Å². The number of likely N-dealkylation sites (tertiary alicyclic amines) is 1. The number of aromatic nitrogens is 2. The van der Waals surface area contributed by atoms with Crippen LogP contribution in [0.1, 0.15) is 78.3 Å². The molecule has 1 atom stereocenters. The molecule has 3 heterocycles. The van der Waals surface area contributed by atoms with Gasteiger partial charge in [-0.3, -0.25) is 4.79 Å². The van der Waals surface area contributed by atoms with Gasteiger partial charge in [-0.1, -0.05) is 12.1 Å². The molecule has 31 heavy (non-hydrogen) atoms. The Bertz CT molecular complexity index is 955. The van der Waals surface area contributed by atoms with Gasteiger partial charge in [0.15, 0.2) is 0 Å². The second-order valence-electron chi connectivity index (χ2n) is 8.99. The highest BCUT2D eigenvalue weighted by Gasteiger charge is 2.33. The number of carbonyl (C=O) groups excluding carboxylic acids is 1. The normalized spacial score (nSPS) is 21.1. The second kappa shape index (κ2) is 8.85. The summed E-state index contributed by atoms with van der Waals surface area (Å²) in [6.45, 7) is 2.75. The van der Waals surface area contributed by atoms with E-state index in [2.05, 4.69) is 21.9 Å². The summed E-state index contributed by atoms with van der Waals surface area (Å²) in [6.07, 6.45) is 9.62. The minimum Gasteiger partial charge on any atom is -0.497 e. The van der Waals surface area contributed by atoms with Gasteiger partial charge in [-0.2, -0.15) is 0 Å². The summed E-state index contributed by atoms with van der Waals surface area (Å²) in [5.41, 5.74) is 3.99. The van der Waals surface area contributed by atoms with Crippen LogP contribution >= 0.6 is 0 Å². The minimum atomic E-state index is 0.0702. The fraction of sp³-hybridized carbons (Fsp3) is 0.560. The number of carbonyl (C=O) groups is 1. The number of anilines is 1. The van der Waals surface area contributed by atoms with Gasteiger partial charge < -0.3 is 14.5 Å². The van der Waals surface area contributed by atoms with Crippen molar-refractivity contribution in [3.8, 4) is 5.75 Å². The highest BCUT2D eigenvalue weighted by atomic mass is 16.5. The molecule has 2 aliphatic heterocycles. The zero-order chi connectivity index (χ0) is 21.2. The largest absolute Gasteiger partial charge is 0.497 e. The van der Waals surface area contributed by atoms with Crippen molar-refractivity contribution < 1.29 is 9.53 Å². The van der Waals surface area contributed by atoms with Crippen molar-refractivity contribution in [2.24, 2.45) is 0 Å². The van der Waals surface area contributed by atoms with E-state index in [1.165, 1.54) is 12.8 Å². The van der Waals surface area contributed by atoms with Crippen LogP contribution in [0, 0.1) is 0 Å². The van der Waals surface area contributed by atoms with Crippen molar-refractivity contribution in [2.75, 3.05) is 31.6 Å². The number of benzene rings is 1. The Morgan fingerprint density at radius 3 is 2.65 bits per heavy atom. The van der Waals surface area contributed by atoms with Gasteiger partial charge in [0.05, 0.1) is 13.2 Å². The number of ether oxygens (including phenoxy) is 1. The molecule has 2 fully saturated rings. The zero-order valence-corrected chi connectivity index (χ0v) is 18.5. The SMILES string of the molecule is COc1cccc(C2CCCCN2C(=O)c2nc(N3CCCC3)nc3c2CCCC3)c1. The predicted octanol–water partition coefficient (Wildman–Crippen LogP) is 4.33. The number of hydrogen-bond acceptors (Lipinski definition) is 5. The van der Waals surface area contributed by atoms with E-state index in [1.54, 1.807) is 7.11 Å². The number of aryl methyl sites for hydroxylation is 1. The Labute approximate surface area is 184 Å². The summed E-state index contributed by atoms with van der Waals surface area (Å²) >= 11 is 0. The summed E-state index contributed by atoms with van der Waals surface area (Å²) in [7, 11) is 1.69. The third kappa shape index (κ3) is 4.00. The van der Waals surface area contributed by atoms with Crippen molar-refractivity contribution in [1.29, 1.82) is 0 Å². The van der Waals surface area contributed by atoms with Crippen molar-refractivity contribution >= 4 is 11.9 Å². The van der Waals surface area contributed by atoms with Crippen LogP contribution in [0.5, 0.6) is 5.75 Å². The molecule has 1 aliphatic carbocycles. The summed E-state index contributed by atoms with van der Waals surface area (Å²) < 4.78 is 5.44. The van der Waals surface area contributed by atoms with Gasteiger partial charge in [0.1, 0.15) is 11.4 Å². The predicted molar refractivity (Wildman–Crippen MR) is 121 cm³/mol. The van der Waals surface area contributed by atoms with Crippen LogP contribution < -0.4 is 9.64 Å². The van der Waals surface area contributed by atoms with Crippen LogP contribution in [0.3, 0.4) is 0 Å². The molecule has 1 aromatic heterocycles. The molecule has 5 rings (SSSR count). The molecule has 0 bridgehead atoms. The molecule has 1 aromatic carbocycles. The van der Waals surface area contributed by atoms with Crippen LogP contribution in [0.2, 0.25) is 0 Å². The maximum Gasteiger partial charge on any atom is 0.273 e. The Kier molecular flexibility index (Phi) is 5.79. The second-order valence-corrected chi connectivity index (χ2v) is 8.99. The number of nitrogens with zero attached hydrogens (tertiary/aromatic N) is 4. The lowest BCUT2D eigenvalue weighted by molar-refractivity contribution is 0.0603. The van der Waals surface area contributed by atoms with Crippen molar-refractivity contribution in [3.05, 3.63) is 46.8 Å². The summed E-state index contributed by atoms with van der Waals surface area (Å²) in [5.74, 6) is 1.68. The smallest absolute Gasteiger partial charge is 0.273 e. The fourth-order valence-corrected chi connectivity index (χ4v) is 5.32. The first kappa shape index (κ1) is 20.3. The zero-order valence-electron chi connectivity index (χ0n) is 18.5. The van der Waals surface area contributed by atoms with Gasteiger partial charge in [-0.05, 0) is 75.5 Å². The van der Waals surface area contributed by atoms with E-state index >= 15 is 0 Å². The van der Waals surface area contributed by atoms with E-state index in [1.807, 2.05) is 12.1 Å². The van der Waals surface area contributed by atoms with Gasteiger partial charge in [0, 0.05) is 30.9 Å². The molecule has 0 radical (unpaired) electrons. The molecule has 1 amide bonds. The Morgan fingerprint density at radius 2 is 1.81 bits per heavy atom. The monoisotopic (exact) mass is 420 g/mol. The third-order valence-corrected chi connectivity index (χ3v) is 7.01. The Balaban J connectivity index is 1.52. The van der Waals surface area contributed by atoms with Crippen LogP contribution in [-0.2, 0) is 12.8 Å². The van der Waals surface area contributed by atoms with Gasteiger partial charge in [0.2, 0.25) is 5.95 Å². The lowest BCUT2D eigenvalue weighted by atomic mass is 9.92. The van der Waals surface area contributed by atoms with Gasteiger partial charge >= 0.3 is 0 Å². The Hall–Kier alpha value is -2.63. The van der Waals surface area contributed by atoms with E-state index in [4.69, 9.17) is 14.7 Å². The number of amides is 1. The topological polar surface area (TPSA) is 58.6 Å². The number of methoxy groups -OCH3 is 1. The molecule has 1 unspecified atom stereocenters. The fourth-order valence-electron chi connectivity index (χ4n) is 5.32. The first-order valence-electron chi connectivity index (χ1n) is 11.8. The van der Waals surface area contributed by atoms with E-state index in [0.29, 0.717) is 5.69 Å². The molecule has 0 spiro atoms. The lowest BCUT2D eigenvalue weighted by Crippen LogP contribution is -2.40. The molecular weight excluding hydrogens is 388 g/mol. The van der Waals surface area contributed by atoms with Crippen LogP contribution in [0.25, 0.3) is 0 Å². The average molecular weight is 421 g/mol. The lowest BCUT2D eigenvalue weighted by Gasteiger charge is -2.37. The standard InChI is InChI=1S/C25H32N4O2/c1-31-19-10-8-9-18(17-19)22-13-4-5-16-29(22)24(30)23-20-11-2-3-12-21(20)26-25(27-23)28-14-6-7-15-28/h8-10,17,22H,2-7,11-16H2,1H3. The number of fused-ring (bicyclic) bond motifs is 1. The first-order valence-corrected chi connectivity index (χ1v) is 11.8. The molecule has 6 nitrogen and oxygen atoms in total. The molecule has 3 aliphatic rings. The summed E-state index contributed by atoms with van der Waals surface area (Å²) in [6, 6.07) is 8.23. The molecule has 0 N–H and O–H groups in total. The molecule has 0 saturated carbocycles. The molecule has 164 valence electrons. The van der Waals surface area contributed by atoms with E-state index < -0.39 is 0 Å². The molecular formula is C25H32N4O2. The van der Waals surface area contributed by atoms with Gasteiger partial charge in [-0.15, -0.1) is 0 Å². The average Bonchev–Trinajstić information content (AvgIpc) is 3.38. The maximum atomic E-state index is 14.0. The third-order valence-electron chi connectivity index (χ3n) is 7.01. The molecule has 2 aromatic rings. The van der Waals surface area contributed by atoms with Crippen molar-refractivity contribution in [3.63, 3.8) is 0 Å². The van der Waals surface area contributed by atoms with Crippen LogP contribution in [-0.4, -0.2) is 47.5 Å². The van der Waals surface area contributed by atoms with Gasteiger partial charge in [0.25, 0.3) is 5.91 Å². The highest BCUT2D eigenvalue weighted by Crippen LogP contribution is 2.35. The number of hydrogen-bond donors (Lipinski definition) is 0. The van der Waals surface area contributed by atoms with Crippen LogP contribution in [0.4, 0.5) is 5.95 Å². The number of rotatable bonds is 4.